The van der Waals surface area contributed by atoms with Crippen LogP contribution >= 0.6 is 11.3 Å². The lowest BCUT2D eigenvalue weighted by atomic mass is 9.93. The number of carbonyl (C=O) groups is 1. The van der Waals surface area contributed by atoms with E-state index in [0.717, 1.165) is 47.2 Å². The first-order chi connectivity index (χ1) is 17.0. The zero-order valence-corrected chi connectivity index (χ0v) is 20.1. The molecule has 0 spiro atoms. The van der Waals surface area contributed by atoms with Gasteiger partial charge in [0.2, 0.25) is 11.9 Å². The molecular weight excluding hydrogens is 460 g/mol. The minimum Gasteiger partial charge on any atom is -0.393 e. The number of benzene rings is 2. The van der Waals surface area contributed by atoms with Crippen molar-refractivity contribution in [1.29, 1.82) is 0 Å². The fourth-order valence-corrected chi connectivity index (χ4v) is 5.30. The maximum Gasteiger partial charge on any atom is 0.225 e. The van der Waals surface area contributed by atoms with Gasteiger partial charge in [0.15, 0.2) is 5.13 Å². The number of hydrogen-bond acceptors (Lipinski definition) is 8. The second kappa shape index (κ2) is 10.4. The van der Waals surface area contributed by atoms with Crippen molar-refractivity contribution < 1.29 is 9.90 Å². The van der Waals surface area contributed by atoms with E-state index in [1.165, 1.54) is 16.9 Å². The normalized spacial score (nSPS) is 17.9. The number of anilines is 3. The second-order valence-corrected chi connectivity index (χ2v) is 10.0. The Morgan fingerprint density at radius 3 is 2.57 bits per heavy atom. The molecule has 2 aromatic heterocycles. The highest BCUT2D eigenvalue weighted by molar-refractivity contribution is 7.22. The van der Waals surface area contributed by atoms with Crippen molar-refractivity contribution in [3.8, 4) is 0 Å². The monoisotopic (exact) mass is 488 g/mol. The van der Waals surface area contributed by atoms with Gasteiger partial charge >= 0.3 is 0 Å². The van der Waals surface area contributed by atoms with Crippen LogP contribution in [0, 0.1) is 0 Å². The number of fused-ring (bicyclic) bond motifs is 1. The number of nitrogens with zero attached hydrogens (tertiary/aromatic N) is 3. The first kappa shape index (κ1) is 23.2. The molecule has 8 nitrogen and oxygen atoms in total. The molecule has 1 aliphatic rings. The van der Waals surface area contributed by atoms with E-state index in [1.54, 1.807) is 0 Å². The molecule has 0 bridgehead atoms. The summed E-state index contributed by atoms with van der Waals surface area (Å²) in [6.07, 6.45) is 4.04. The van der Waals surface area contributed by atoms with Crippen molar-refractivity contribution in [2.24, 2.45) is 5.73 Å². The van der Waals surface area contributed by atoms with Crippen LogP contribution in [0.25, 0.3) is 10.2 Å². The molecule has 0 atom stereocenters. The molecule has 1 amide bonds. The third-order valence-electron chi connectivity index (χ3n) is 6.10. The predicted octanol–water partition coefficient (Wildman–Crippen LogP) is 4.16. The highest BCUT2D eigenvalue weighted by Crippen LogP contribution is 2.30. The smallest absolute Gasteiger partial charge is 0.225 e. The standard InChI is InChI=1S/C26H28N6O2S/c27-23(34)14-17-6-11-21-22(13-17)35-26(30-21)32-24-15-19(12-16-4-2-1-3-5-16)29-25(31-24)28-18-7-9-20(33)10-8-18/h1-6,11,13,15,18,20,33H,7-10,12,14H2,(H2,27,34)(H2,28,29,30,31,32). The number of amides is 1. The lowest BCUT2D eigenvalue weighted by molar-refractivity contribution is -0.117. The number of aliphatic hydroxyl groups excluding tert-OH is 1. The van der Waals surface area contributed by atoms with Crippen molar-refractivity contribution in [2.45, 2.75) is 50.7 Å². The molecule has 0 aliphatic heterocycles. The molecule has 2 heterocycles. The summed E-state index contributed by atoms with van der Waals surface area (Å²) in [5.74, 6) is 0.888. The summed E-state index contributed by atoms with van der Waals surface area (Å²) in [7, 11) is 0. The van der Waals surface area contributed by atoms with Gasteiger partial charge in [0.05, 0.1) is 28.4 Å². The number of nitrogens with one attached hydrogen (secondary N) is 2. The van der Waals surface area contributed by atoms with Gasteiger partial charge in [-0.05, 0) is 48.9 Å². The number of thiazole rings is 1. The SMILES string of the molecule is NC(=O)Cc1ccc2nc(Nc3cc(Cc4ccccc4)nc(NC4CCC(O)CC4)n3)sc2c1. The van der Waals surface area contributed by atoms with Gasteiger partial charge in [0, 0.05) is 18.5 Å². The Morgan fingerprint density at radius 2 is 1.80 bits per heavy atom. The molecule has 1 fully saturated rings. The number of carbonyl (C=O) groups excluding carboxylic acids is 1. The summed E-state index contributed by atoms with van der Waals surface area (Å²) in [6.45, 7) is 0. The van der Waals surface area contributed by atoms with Crippen LogP contribution in [0.1, 0.15) is 42.5 Å². The van der Waals surface area contributed by atoms with E-state index in [-0.39, 0.29) is 24.5 Å². The topological polar surface area (TPSA) is 126 Å². The lowest BCUT2D eigenvalue weighted by Gasteiger charge is -2.26. The van der Waals surface area contributed by atoms with Crippen molar-refractivity contribution >= 4 is 44.4 Å². The summed E-state index contributed by atoms with van der Waals surface area (Å²) < 4.78 is 0.976. The second-order valence-electron chi connectivity index (χ2n) is 8.97. The summed E-state index contributed by atoms with van der Waals surface area (Å²) in [6, 6.07) is 18.1. The Morgan fingerprint density at radius 1 is 1.00 bits per heavy atom. The fourth-order valence-electron chi connectivity index (χ4n) is 4.37. The minimum atomic E-state index is -0.355. The average Bonchev–Trinajstić information content (AvgIpc) is 3.22. The molecular formula is C26H28N6O2S. The molecule has 1 saturated carbocycles. The molecule has 0 radical (unpaired) electrons. The first-order valence-electron chi connectivity index (χ1n) is 11.8. The number of primary amides is 1. The van der Waals surface area contributed by atoms with Gasteiger partial charge in [-0.2, -0.15) is 4.98 Å². The van der Waals surface area contributed by atoms with Gasteiger partial charge in [0.25, 0.3) is 0 Å². The quantitative estimate of drug-likeness (QED) is 0.293. The molecule has 0 unspecified atom stereocenters. The Kier molecular flexibility index (Phi) is 6.87. The number of nitrogens with two attached hydrogens (primary N) is 1. The van der Waals surface area contributed by atoms with E-state index < -0.39 is 0 Å². The van der Waals surface area contributed by atoms with Crippen molar-refractivity contribution in [2.75, 3.05) is 10.6 Å². The fraction of sp³-hybridized carbons (Fsp3) is 0.308. The van der Waals surface area contributed by atoms with Gasteiger partial charge in [0.1, 0.15) is 5.82 Å². The molecule has 4 aromatic rings. The number of aromatic nitrogens is 3. The molecule has 9 heteroatoms. The molecule has 1 aliphatic carbocycles. The van der Waals surface area contributed by atoms with Crippen LogP contribution in [0.5, 0.6) is 0 Å². The highest BCUT2D eigenvalue weighted by Gasteiger charge is 2.20. The third-order valence-corrected chi connectivity index (χ3v) is 7.04. The molecule has 35 heavy (non-hydrogen) atoms. The van der Waals surface area contributed by atoms with Crippen LogP contribution in [-0.4, -0.2) is 38.1 Å². The molecule has 5 rings (SSSR count). The van der Waals surface area contributed by atoms with Crippen LogP contribution in [0.15, 0.2) is 54.6 Å². The number of rotatable bonds is 8. The van der Waals surface area contributed by atoms with Gasteiger partial charge < -0.3 is 21.5 Å². The van der Waals surface area contributed by atoms with Gasteiger partial charge in [-0.1, -0.05) is 47.7 Å². The van der Waals surface area contributed by atoms with E-state index in [0.29, 0.717) is 23.3 Å². The Hall–Kier alpha value is -3.56. The molecule has 0 saturated heterocycles. The van der Waals surface area contributed by atoms with Gasteiger partial charge in [-0.15, -0.1) is 0 Å². The van der Waals surface area contributed by atoms with E-state index in [1.807, 2.05) is 42.5 Å². The van der Waals surface area contributed by atoms with Crippen LogP contribution in [0.2, 0.25) is 0 Å². The summed E-state index contributed by atoms with van der Waals surface area (Å²) >= 11 is 1.50. The first-order valence-corrected chi connectivity index (χ1v) is 12.6. The lowest BCUT2D eigenvalue weighted by Crippen LogP contribution is -2.29. The van der Waals surface area contributed by atoms with Crippen LogP contribution in [-0.2, 0) is 17.6 Å². The summed E-state index contributed by atoms with van der Waals surface area (Å²) in [5, 5.41) is 17.4. The zero-order valence-electron chi connectivity index (χ0n) is 19.3. The number of aliphatic hydroxyl groups is 1. The molecule has 180 valence electrons. The maximum absolute atomic E-state index is 11.3. The van der Waals surface area contributed by atoms with E-state index in [9.17, 15) is 9.90 Å². The molecule has 5 N–H and O–H groups in total. The van der Waals surface area contributed by atoms with Crippen LogP contribution in [0.4, 0.5) is 16.9 Å². The summed E-state index contributed by atoms with van der Waals surface area (Å²) in [4.78, 5) is 25.4. The third kappa shape index (κ3) is 6.12. The summed E-state index contributed by atoms with van der Waals surface area (Å²) in [5.41, 5.74) is 9.13. The molecule has 2 aromatic carbocycles. The van der Waals surface area contributed by atoms with E-state index in [2.05, 4.69) is 27.8 Å². The largest absolute Gasteiger partial charge is 0.393 e. The Balaban J connectivity index is 1.40. The number of hydrogen-bond donors (Lipinski definition) is 4. The van der Waals surface area contributed by atoms with Crippen molar-refractivity contribution in [3.63, 3.8) is 0 Å². The van der Waals surface area contributed by atoms with Crippen molar-refractivity contribution in [1.82, 2.24) is 15.0 Å². The van der Waals surface area contributed by atoms with E-state index >= 15 is 0 Å². The van der Waals surface area contributed by atoms with E-state index in [4.69, 9.17) is 15.7 Å². The van der Waals surface area contributed by atoms with Gasteiger partial charge in [-0.3, -0.25) is 4.79 Å². The predicted molar refractivity (Wildman–Crippen MR) is 139 cm³/mol. The van der Waals surface area contributed by atoms with Gasteiger partial charge in [-0.25, -0.2) is 9.97 Å². The average molecular weight is 489 g/mol. The van der Waals surface area contributed by atoms with Crippen LogP contribution in [0.3, 0.4) is 0 Å². The Labute approximate surface area is 207 Å². The minimum absolute atomic E-state index is 0.207. The van der Waals surface area contributed by atoms with Crippen molar-refractivity contribution in [3.05, 3.63) is 71.4 Å². The Bertz CT molecular complexity index is 1320. The zero-order chi connectivity index (χ0) is 24.2. The maximum atomic E-state index is 11.3. The highest BCUT2D eigenvalue weighted by atomic mass is 32.1. The van der Waals surface area contributed by atoms with Crippen LogP contribution < -0.4 is 16.4 Å².